The predicted molar refractivity (Wildman–Crippen MR) is 81.1 cm³/mol. The highest BCUT2D eigenvalue weighted by Crippen LogP contribution is 2.44. The van der Waals surface area contributed by atoms with Crippen LogP contribution in [0.3, 0.4) is 0 Å². The molecule has 1 aliphatic carbocycles. The van der Waals surface area contributed by atoms with E-state index in [1.165, 1.54) is 12.0 Å². The van der Waals surface area contributed by atoms with Crippen molar-refractivity contribution in [3.63, 3.8) is 0 Å². The van der Waals surface area contributed by atoms with E-state index in [4.69, 9.17) is 16.3 Å². The van der Waals surface area contributed by atoms with Crippen LogP contribution in [0, 0.1) is 12.3 Å². The van der Waals surface area contributed by atoms with Gasteiger partial charge in [-0.15, -0.1) is 0 Å². The van der Waals surface area contributed by atoms with Gasteiger partial charge >= 0.3 is 0 Å². The van der Waals surface area contributed by atoms with E-state index in [1.54, 1.807) is 0 Å². The van der Waals surface area contributed by atoms with E-state index in [2.05, 4.69) is 33.0 Å². The summed E-state index contributed by atoms with van der Waals surface area (Å²) in [5.41, 5.74) is 1.33. The molecular formula is C16H24ClNO. The van der Waals surface area contributed by atoms with Crippen molar-refractivity contribution in [2.45, 2.75) is 52.7 Å². The Kier molecular flexibility index (Phi) is 4.42. The predicted octanol–water partition coefficient (Wildman–Crippen LogP) is 4.19. The number of benzene rings is 1. The Hall–Kier alpha value is -0.730. The van der Waals surface area contributed by atoms with Crippen LogP contribution in [0.1, 0.15) is 39.2 Å². The number of hydrogen-bond acceptors (Lipinski definition) is 2. The molecule has 106 valence electrons. The molecule has 0 bridgehead atoms. The smallest absolute Gasteiger partial charge is 0.138 e. The first-order valence-corrected chi connectivity index (χ1v) is 7.49. The molecule has 1 N–H and O–H groups in total. The van der Waals surface area contributed by atoms with Crippen LogP contribution in [0.5, 0.6) is 5.75 Å². The van der Waals surface area contributed by atoms with Gasteiger partial charge in [0.1, 0.15) is 11.9 Å². The minimum absolute atomic E-state index is 0.155. The van der Waals surface area contributed by atoms with Crippen molar-refractivity contribution in [3.8, 4) is 5.75 Å². The zero-order valence-electron chi connectivity index (χ0n) is 12.3. The van der Waals surface area contributed by atoms with E-state index in [1.807, 2.05) is 18.2 Å². The van der Waals surface area contributed by atoms with Crippen LogP contribution in [-0.4, -0.2) is 18.7 Å². The largest absolute Gasteiger partial charge is 0.488 e. The number of rotatable bonds is 5. The molecular weight excluding hydrogens is 258 g/mol. The normalized spacial score (nSPS) is 24.9. The molecule has 0 aromatic heterocycles. The third-order valence-corrected chi connectivity index (χ3v) is 4.49. The molecule has 0 saturated heterocycles. The summed E-state index contributed by atoms with van der Waals surface area (Å²) in [7, 11) is 0. The van der Waals surface area contributed by atoms with E-state index in [0.717, 1.165) is 18.7 Å². The summed E-state index contributed by atoms with van der Waals surface area (Å²) < 4.78 is 6.12. The number of hydrogen-bond donors (Lipinski definition) is 1. The Bertz CT molecular complexity index is 444. The first kappa shape index (κ1) is 14.7. The van der Waals surface area contributed by atoms with Crippen LogP contribution < -0.4 is 10.1 Å². The van der Waals surface area contributed by atoms with Crippen LogP contribution in [0.15, 0.2) is 18.2 Å². The lowest BCUT2D eigenvalue weighted by molar-refractivity contribution is -0.0545. The van der Waals surface area contributed by atoms with Gasteiger partial charge in [-0.2, -0.15) is 0 Å². The monoisotopic (exact) mass is 281 g/mol. The van der Waals surface area contributed by atoms with Crippen molar-refractivity contribution >= 4 is 11.6 Å². The maximum Gasteiger partial charge on any atom is 0.138 e. The van der Waals surface area contributed by atoms with Gasteiger partial charge in [0, 0.05) is 17.9 Å². The summed E-state index contributed by atoms with van der Waals surface area (Å²) in [6.45, 7) is 9.85. The topological polar surface area (TPSA) is 21.3 Å². The number of halogens is 1. The third-order valence-electron chi connectivity index (χ3n) is 4.17. The quantitative estimate of drug-likeness (QED) is 0.874. The van der Waals surface area contributed by atoms with Crippen molar-refractivity contribution in [2.75, 3.05) is 6.54 Å². The fourth-order valence-corrected chi connectivity index (χ4v) is 2.77. The van der Waals surface area contributed by atoms with Crippen LogP contribution >= 0.6 is 11.6 Å². The van der Waals surface area contributed by atoms with Crippen LogP contribution in [-0.2, 0) is 0 Å². The molecule has 1 aromatic rings. The first-order chi connectivity index (χ1) is 8.95. The van der Waals surface area contributed by atoms with Gasteiger partial charge in [-0.05, 0) is 37.6 Å². The van der Waals surface area contributed by atoms with E-state index >= 15 is 0 Å². The Labute approximate surface area is 121 Å². The van der Waals surface area contributed by atoms with Crippen molar-refractivity contribution in [1.29, 1.82) is 0 Å². The molecule has 1 aliphatic rings. The highest BCUT2D eigenvalue weighted by atomic mass is 35.5. The SMILES string of the molecule is CCCNC1CC(Oc2cc(C)ccc2Cl)C1(C)C. The van der Waals surface area contributed by atoms with Crippen molar-refractivity contribution in [1.82, 2.24) is 5.32 Å². The fourth-order valence-electron chi connectivity index (χ4n) is 2.60. The zero-order chi connectivity index (χ0) is 14.0. The summed E-state index contributed by atoms with van der Waals surface area (Å²) in [5, 5.41) is 4.29. The summed E-state index contributed by atoms with van der Waals surface area (Å²) >= 11 is 6.19. The molecule has 2 atom stereocenters. The number of ether oxygens (including phenoxy) is 1. The lowest BCUT2D eigenvalue weighted by atomic mass is 9.64. The summed E-state index contributed by atoms with van der Waals surface area (Å²) in [5.74, 6) is 0.814. The second-order valence-corrected chi connectivity index (χ2v) is 6.51. The van der Waals surface area contributed by atoms with Gasteiger partial charge in [0.2, 0.25) is 0 Å². The second-order valence-electron chi connectivity index (χ2n) is 6.10. The number of aryl methyl sites for hydroxylation is 1. The van der Waals surface area contributed by atoms with Crippen molar-refractivity contribution in [3.05, 3.63) is 28.8 Å². The van der Waals surface area contributed by atoms with Crippen LogP contribution in [0.25, 0.3) is 0 Å². The van der Waals surface area contributed by atoms with Crippen molar-refractivity contribution in [2.24, 2.45) is 5.41 Å². The average Bonchev–Trinajstić information content (AvgIpc) is 2.36. The minimum Gasteiger partial charge on any atom is -0.488 e. The number of nitrogens with one attached hydrogen (secondary N) is 1. The second kappa shape index (κ2) is 5.72. The van der Waals surface area contributed by atoms with Gasteiger partial charge in [-0.3, -0.25) is 0 Å². The maximum atomic E-state index is 6.19. The lowest BCUT2D eigenvalue weighted by Gasteiger charge is -2.51. The third kappa shape index (κ3) is 3.06. The van der Waals surface area contributed by atoms with Crippen LogP contribution in [0.4, 0.5) is 0 Å². The molecule has 1 fully saturated rings. The Morgan fingerprint density at radius 3 is 2.79 bits per heavy atom. The van der Waals surface area contributed by atoms with Gasteiger partial charge < -0.3 is 10.1 Å². The lowest BCUT2D eigenvalue weighted by Crippen LogP contribution is -2.62. The highest BCUT2D eigenvalue weighted by molar-refractivity contribution is 6.32. The van der Waals surface area contributed by atoms with Gasteiger partial charge in [-0.1, -0.05) is 38.4 Å². The molecule has 0 aliphatic heterocycles. The molecule has 1 saturated carbocycles. The minimum atomic E-state index is 0.155. The van der Waals surface area contributed by atoms with E-state index < -0.39 is 0 Å². The molecule has 19 heavy (non-hydrogen) atoms. The standard InChI is InChI=1S/C16H24ClNO/c1-5-8-18-14-10-15(16(14,3)4)19-13-9-11(2)6-7-12(13)17/h6-7,9,14-15,18H,5,8,10H2,1-4H3. The molecule has 2 nitrogen and oxygen atoms in total. The summed E-state index contributed by atoms with van der Waals surface area (Å²) in [6.07, 6.45) is 2.46. The maximum absolute atomic E-state index is 6.19. The van der Waals surface area contributed by atoms with E-state index in [9.17, 15) is 0 Å². The van der Waals surface area contributed by atoms with Gasteiger partial charge in [0.05, 0.1) is 5.02 Å². The molecule has 2 rings (SSSR count). The molecule has 2 unspecified atom stereocenters. The summed E-state index contributed by atoms with van der Waals surface area (Å²) in [6, 6.07) is 6.48. The Morgan fingerprint density at radius 1 is 1.42 bits per heavy atom. The van der Waals surface area contributed by atoms with Crippen LogP contribution in [0.2, 0.25) is 5.02 Å². The molecule has 0 radical (unpaired) electrons. The zero-order valence-corrected chi connectivity index (χ0v) is 13.1. The molecule has 0 spiro atoms. The van der Waals surface area contributed by atoms with Gasteiger partial charge in [0.15, 0.2) is 0 Å². The van der Waals surface area contributed by atoms with Gasteiger partial charge in [-0.25, -0.2) is 0 Å². The Balaban J connectivity index is 2.00. The molecule has 1 aromatic carbocycles. The van der Waals surface area contributed by atoms with Crippen molar-refractivity contribution < 1.29 is 4.74 Å². The fraction of sp³-hybridized carbons (Fsp3) is 0.625. The first-order valence-electron chi connectivity index (χ1n) is 7.11. The molecule has 0 heterocycles. The van der Waals surface area contributed by atoms with Gasteiger partial charge in [0.25, 0.3) is 0 Å². The Morgan fingerprint density at radius 2 is 2.16 bits per heavy atom. The van der Waals surface area contributed by atoms with E-state index in [-0.39, 0.29) is 11.5 Å². The average molecular weight is 282 g/mol. The highest BCUT2D eigenvalue weighted by Gasteiger charge is 2.49. The molecule has 3 heteroatoms. The van der Waals surface area contributed by atoms with E-state index in [0.29, 0.717) is 11.1 Å². The summed E-state index contributed by atoms with van der Waals surface area (Å²) in [4.78, 5) is 0. The molecule has 0 amide bonds.